The zero-order valence-corrected chi connectivity index (χ0v) is 16.9. The molecule has 1 saturated heterocycles. The molecule has 9 heteroatoms. The maximum absolute atomic E-state index is 11.3. The number of carbonyl (C=O) groups is 1. The van der Waals surface area contributed by atoms with Gasteiger partial charge < -0.3 is 39.4 Å². The molecule has 166 valence electrons. The van der Waals surface area contributed by atoms with Gasteiger partial charge in [-0.25, -0.2) is 0 Å². The second-order valence-corrected chi connectivity index (χ2v) is 7.10. The summed E-state index contributed by atoms with van der Waals surface area (Å²) in [7, 11) is 0. The molecule has 6 unspecified atom stereocenters. The van der Waals surface area contributed by atoms with Gasteiger partial charge in [-0.15, -0.1) is 0 Å². The van der Waals surface area contributed by atoms with Crippen LogP contribution in [0.3, 0.4) is 0 Å². The molecule has 0 amide bonds. The van der Waals surface area contributed by atoms with Crippen molar-refractivity contribution in [3.8, 4) is 0 Å². The zero-order valence-electron chi connectivity index (χ0n) is 16.9. The first kappa shape index (κ1) is 25.2. The molecule has 1 fully saturated rings. The first-order valence-corrected chi connectivity index (χ1v) is 10.1. The third kappa shape index (κ3) is 9.13. The lowest BCUT2D eigenvalue weighted by molar-refractivity contribution is -0.305. The minimum atomic E-state index is -1.52. The van der Waals surface area contributed by atoms with Crippen molar-refractivity contribution in [3.63, 3.8) is 0 Å². The quantitative estimate of drug-likeness (QED) is 0.233. The van der Waals surface area contributed by atoms with Crippen molar-refractivity contribution < 1.29 is 44.2 Å². The number of hydrogen-bond donors (Lipinski definition) is 4. The average Bonchev–Trinajstić information content (AvgIpc) is 2.67. The molecular formula is C19H36O9. The summed E-state index contributed by atoms with van der Waals surface area (Å²) >= 11 is 0. The van der Waals surface area contributed by atoms with Gasteiger partial charge in [0.2, 0.25) is 0 Å². The van der Waals surface area contributed by atoms with Gasteiger partial charge in [0, 0.05) is 13.5 Å². The first-order valence-electron chi connectivity index (χ1n) is 10.1. The fourth-order valence-electron chi connectivity index (χ4n) is 2.96. The molecular weight excluding hydrogens is 372 g/mol. The Balaban J connectivity index is 2.37. The molecule has 9 nitrogen and oxygen atoms in total. The van der Waals surface area contributed by atoms with Crippen LogP contribution in [0.15, 0.2) is 0 Å². The van der Waals surface area contributed by atoms with E-state index in [1.165, 1.54) is 32.6 Å². The molecule has 0 aromatic rings. The van der Waals surface area contributed by atoms with Crippen molar-refractivity contribution in [3.05, 3.63) is 0 Å². The summed E-state index contributed by atoms with van der Waals surface area (Å²) in [6.07, 6.45) is -0.665. The molecule has 1 aliphatic heterocycles. The Morgan fingerprint density at radius 3 is 2.32 bits per heavy atom. The van der Waals surface area contributed by atoms with Crippen LogP contribution in [-0.4, -0.2) is 89.6 Å². The van der Waals surface area contributed by atoms with Crippen molar-refractivity contribution in [2.45, 2.75) is 89.2 Å². The Morgan fingerprint density at radius 2 is 1.68 bits per heavy atom. The summed E-state index contributed by atoms with van der Waals surface area (Å²) in [6, 6.07) is 0. The molecule has 0 spiro atoms. The summed E-state index contributed by atoms with van der Waals surface area (Å²) in [5, 5.41) is 38.7. The van der Waals surface area contributed by atoms with E-state index in [0.29, 0.717) is 6.61 Å². The van der Waals surface area contributed by atoms with Crippen LogP contribution in [0.5, 0.6) is 0 Å². The Hall–Kier alpha value is -0.810. The number of rotatable bonds is 14. The molecule has 1 heterocycles. The number of esters is 1. The van der Waals surface area contributed by atoms with E-state index >= 15 is 0 Å². The van der Waals surface area contributed by atoms with E-state index in [2.05, 4.69) is 6.92 Å². The maximum atomic E-state index is 11.3. The van der Waals surface area contributed by atoms with Crippen LogP contribution < -0.4 is 0 Å². The van der Waals surface area contributed by atoms with E-state index in [1.54, 1.807) is 0 Å². The second-order valence-electron chi connectivity index (χ2n) is 7.10. The van der Waals surface area contributed by atoms with E-state index in [-0.39, 0.29) is 13.2 Å². The van der Waals surface area contributed by atoms with E-state index in [0.717, 1.165) is 12.8 Å². The van der Waals surface area contributed by atoms with E-state index < -0.39 is 49.4 Å². The largest absolute Gasteiger partial charge is 0.458 e. The van der Waals surface area contributed by atoms with Gasteiger partial charge in [0.15, 0.2) is 6.29 Å². The molecule has 0 saturated carbocycles. The molecule has 4 N–H and O–H groups in total. The highest BCUT2D eigenvalue weighted by Gasteiger charge is 2.44. The van der Waals surface area contributed by atoms with Crippen molar-refractivity contribution in [1.29, 1.82) is 0 Å². The fraction of sp³-hybridized carbons (Fsp3) is 0.947. The zero-order chi connectivity index (χ0) is 20.9. The molecule has 0 aromatic heterocycles. The van der Waals surface area contributed by atoms with Gasteiger partial charge in [-0.2, -0.15) is 0 Å². The van der Waals surface area contributed by atoms with Gasteiger partial charge in [0.25, 0.3) is 0 Å². The summed E-state index contributed by atoms with van der Waals surface area (Å²) in [5.41, 5.74) is 0. The number of carbonyl (C=O) groups excluding carboxylic acids is 1. The molecule has 0 bridgehead atoms. The number of hydrogen-bond acceptors (Lipinski definition) is 9. The molecule has 1 aliphatic rings. The van der Waals surface area contributed by atoms with Gasteiger partial charge in [-0.3, -0.25) is 4.79 Å². The number of aliphatic hydroxyl groups excluding tert-OH is 4. The normalized spacial score (nSPS) is 28.9. The summed E-state index contributed by atoms with van der Waals surface area (Å²) in [6.45, 7) is 3.45. The Morgan fingerprint density at radius 1 is 1.00 bits per heavy atom. The molecule has 28 heavy (non-hydrogen) atoms. The number of ether oxygens (including phenoxy) is 4. The number of unbranched alkanes of at least 4 members (excludes halogenated alkanes) is 5. The van der Waals surface area contributed by atoms with Crippen LogP contribution in [0.25, 0.3) is 0 Å². The minimum absolute atomic E-state index is 0.126. The van der Waals surface area contributed by atoms with Crippen molar-refractivity contribution in [2.24, 2.45) is 0 Å². The molecule has 6 atom stereocenters. The smallest absolute Gasteiger partial charge is 0.303 e. The SMILES string of the molecule is CCCCCCCCOCC(COC1OC(CO)C(O)C(O)C1O)OC(C)=O. The lowest BCUT2D eigenvalue weighted by atomic mass is 9.99. The van der Waals surface area contributed by atoms with Crippen LogP contribution in [0.2, 0.25) is 0 Å². The van der Waals surface area contributed by atoms with Gasteiger partial charge >= 0.3 is 5.97 Å². The highest BCUT2D eigenvalue weighted by molar-refractivity contribution is 5.66. The standard InChI is InChI=1S/C19H36O9/c1-3-4-5-6-7-8-9-25-11-14(27-13(2)21)12-26-19-18(24)17(23)16(22)15(10-20)28-19/h14-20,22-24H,3-12H2,1-2H3. The summed E-state index contributed by atoms with van der Waals surface area (Å²) in [5.74, 6) is -0.495. The third-order valence-corrected chi connectivity index (χ3v) is 4.57. The maximum Gasteiger partial charge on any atom is 0.303 e. The predicted molar refractivity (Wildman–Crippen MR) is 99.5 cm³/mol. The lowest BCUT2D eigenvalue weighted by Crippen LogP contribution is -2.59. The van der Waals surface area contributed by atoms with Crippen LogP contribution in [0, 0.1) is 0 Å². The molecule has 0 aromatic carbocycles. The van der Waals surface area contributed by atoms with Crippen molar-refractivity contribution in [1.82, 2.24) is 0 Å². The van der Waals surface area contributed by atoms with E-state index in [9.17, 15) is 25.2 Å². The monoisotopic (exact) mass is 408 g/mol. The third-order valence-electron chi connectivity index (χ3n) is 4.57. The minimum Gasteiger partial charge on any atom is -0.458 e. The van der Waals surface area contributed by atoms with Gasteiger partial charge in [0.1, 0.15) is 30.5 Å². The van der Waals surface area contributed by atoms with Crippen LogP contribution in [0.4, 0.5) is 0 Å². The lowest BCUT2D eigenvalue weighted by Gasteiger charge is -2.39. The van der Waals surface area contributed by atoms with Gasteiger partial charge in [0.05, 0.1) is 19.8 Å². The first-order chi connectivity index (χ1) is 13.4. The fourth-order valence-corrected chi connectivity index (χ4v) is 2.96. The Labute approximate surface area is 166 Å². The average molecular weight is 408 g/mol. The topological polar surface area (TPSA) is 135 Å². The summed E-state index contributed by atoms with van der Waals surface area (Å²) < 4.78 is 21.4. The highest BCUT2D eigenvalue weighted by Crippen LogP contribution is 2.22. The van der Waals surface area contributed by atoms with Crippen molar-refractivity contribution >= 4 is 5.97 Å². The van der Waals surface area contributed by atoms with Crippen LogP contribution in [-0.2, 0) is 23.7 Å². The van der Waals surface area contributed by atoms with Gasteiger partial charge in [-0.1, -0.05) is 39.0 Å². The van der Waals surface area contributed by atoms with E-state index in [1.807, 2.05) is 0 Å². The summed E-state index contributed by atoms with van der Waals surface area (Å²) in [4.78, 5) is 11.3. The highest BCUT2D eigenvalue weighted by atomic mass is 16.7. The number of aliphatic hydroxyl groups is 4. The Kier molecular flexibility index (Phi) is 12.8. The van der Waals surface area contributed by atoms with Crippen LogP contribution >= 0.6 is 0 Å². The van der Waals surface area contributed by atoms with Crippen molar-refractivity contribution in [2.75, 3.05) is 26.4 Å². The van der Waals surface area contributed by atoms with Gasteiger partial charge in [-0.05, 0) is 6.42 Å². The van der Waals surface area contributed by atoms with E-state index in [4.69, 9.17) is 18.9 Å². The predicted octanol–water partition coefficient (Wildman–Crippen LogP) is 0.112. The van der Waals surface area contributed by atoms with Crippen LogP contribution in [0.1, 0.15) is 52.4 Å². The second kappa shape index (κ2) is 14.2. The molecule has 0 aliphatic carbocycles. The molecule has 1 rings (SSSR count). The Bertz CT molecular complexity index is 418. The molecule has 0 radical (unpaired) electrons.